The van der Waals surface area contributed by atoms with Gasteiger partial charge in [-0.05, 0) is 11.6 Å². The predicted molar refractivity (Wildman–Crippen MR) is 33.1 cm³/mol. The van der Waals surface area contributed by atoms with E-state index in [2.05, 4.69) is 9.97 Å². The molecule has 5 nitrogen and oxygen atoms in total. The van der Waals surface area contributed by atoms with E-state index in [1.807, 2.05) is 0 Å². The molecule has 0 amide bonds. The quantitative estimate of drug-likeness (QED) is 0.469. The highest BCUT2D eigenvalue weighted by atomic mass is 35.5. The topological polar surface area (TPSA) is 69.5 Å². The van der Waals surface area contributed by atoms with Gasteiger partial charge in [-0.2, -0.15) is 0 Å². The lowest BCUT2D eigenvalue weighted by Gasteiger charge is -2.04. The van der Waals surface area contributed by atoms with Gasteiger partial charge in [-0.25, -0.2) is 9.97 Å². The summed E-state index contributed by atoms with van der Waals surface area (Å²) in [6, 6.07) is 0. The molecule has 1 aromatic heterocycles. The van der Waals surface area contributed by atoms with E-state index in [1.54, 1.807) is 0 Å². The number of aromatic nitrogens is 2. The molecule has 0 unspecified atom stereocenters. The van der Waals surface area contributed by atoms with Crippen LogP contribution in [0.15, 0.2) is 12.4 Å². The summed E-state index contributed by atoms with van der Waals surface area (Å²) in [4.78, 5) is 6.99. The Balaban J connectivity index is 2.89. The first kappa shape index (κ1) is 7.20. The third-order valence-corrected chi connectivity index (χ3v) is 1.03. The van der Waals surface area contributed by atoms with Crippen LogP contribution >= 0.6 is 11.6 Å². The van der Waals surface area contributed by atoms with Crippen molar-refractivity contribution in [2.75, 3.05) is 5.23 Å². The highest BCUT2D eigenvalue weighted by Crippen LogP contribution is 2.07. The molecule has 0 aliphatic heterocycles. The molecule has 0 aliphatic rings. The molecule has 1 heterocycles. The summed E-state index contributed by atoms with van der Waals surface area (Å²) in [5, 5.41) is 16.7. The second kappa shape index (κ2) is 2.78. The lowest BCUT2D eigenvalue weighted by atomic mass is 10.6. The van der Waals surface area contributed by atoms with Crippen molar-refractivity contribution >= 4 is 17.3 Å². The van der Waals surface area contributed by atoms with Crippen LogP contribution in [0.4, 0.5) is 5.69 Å². The molecule has 0 aromatic carbocycles. The van der Waals surface area contributed by atoms with Gasteiger partial charge in [-0.3, -0.25) is 10.4 Å². The Labute approximate surface area is 61.4 Å². The smallest absolute Gasteiger partial charge is 0.222 e. The third kappa shape index (κ3) is 1.53. The second-order valence-corrected chi connectivity index (χ2v) is 1.84. The van der Waals surface area contributed by atoms with Crippen LogP contribution in [0.25, 0.3) is 0 Å². The van der Waals surface area contributed by atoms with Gasteiger partial charge in [0.1, 0.15) is 5.69 Å². The van der Waals surface area contributed by atoms with Gasteiger partial charge in [-0.1, -0.05) is 0 Å². The zero-order valence-electron chi connectivity index (χ0n) is 4.77. The molecule has 0 atom stereocenters. The zero-order chi connectivity index (χ0) is 7.56. The molecule has 0 fully saturated rings. The first-order valence-electron chi connectivity index (χ1n) is 2.35. The van der Waals surface area contributed by atoms with Crippen molar-refractivity contribution < 1.29 is 10.4 Å². The first-order valence-corrected chi connectivity index (χ1v) is 2.73. The molecule has 0 spiro atoms. The number of rotatable bonds is 1. The minimum Gasteiger partial charge on any atom is -0.264 e. The highest BCUT2D eigenvalue weighted by Gasteiger charge is 1.98. The molecule has 0 aliphatic carbocycles. The van der Waals surface area contributed by atoms with Crippen molar-refractivity contribution in [2.45, 2.75) is 0 Å². The van der Waals surface area contributed by atoms with Gasteiger partial charge in [0.25, 0.3) is 0 Å². The van der Waals surface area contributed by atoms with Gasteiger partial charge < -0.3 is 0 Å². The summed E-state index contributed by atoms with van der Waals surface area (Å²) < 4.78 is 0. The fourth-order valence-electron chi connectivity index (χ4n) is 0.409. The molecule has 54 valence electrons. The van der Waals surface area contributed by atoms with E-state index < -0.39 is 0 Å². The Kier molecular flexibility index (Phi) is 2.00. The van der Waals surface area contributed by atoms with Crippen LogP contribution in [-0.2, 0) is 0 Å². The molecule has 6 heteroatoms. The van der Waals surface area contributed by atoms with Gasteiger partial charge in [-0.15, -0.1) is 5.23 Å². The van der Waals surface area contributed by atoms with Gasteiger partial charge in [0, 0.05) is 0 Å². The standard InChI is InChI=1S/C4H4ClN3O2/c5-4-6-1-3(2-7-4)8(9)10/h1-2,9-10H. The largest absolute Gasteiger partial charge is 0.264 e. The second-order valence-electron chi connectivity index (χ2n) is 1.50. The van der Waals surface area contributed by atoms with Crippen molar-refractivity contribution in [3.63, 3.8) is 0 Å². The van der Waals surface area contributed by atoms with Crippen LogP contribution in [0.2, 0.25) is 5.28 Å². The average molecular weight is 162 g/mol. The summed E-state index contributed by atoms with van der Waals surface area (Å²) in [6.07, 6.45) is 2.35. The van der Waals surface area contributed by atoms with Crippen LogP contribution in [0.3, 0.4) is 0 Å². The van der Waals surface area contributed by atoms with Crippen molar-refractivity contribution in [3.05, 3.63) is 17.7 Å². The molecule has 0 saturated carbocycles. The highest BCUT2D eigenvalue weighted by molar-refractivity contribution is 6.28. The third-order valence-electron chi connectivity index (χ3n) is 0.838. The Morgan fingerprint density at radius 3 is 2.20 bits per heavy atom. The van der Waals surface area contributed by atoms with Crippen molar-refractivity contribution in [2.24, 2.45) is 0 Å². The normalized spacial score (nSPS) is 9.50. The van der Waals surface area contributed by atoms with E-state index >= 15 is 0 Å². The number of hydrogen-bond donors (Lipinski definition) is 2. The van der Waals surface area contributed by atoms with E-state index in [-0.39, 0.29) is 16.2 Å². The Bertz CT molecular complexity index is 212. The molecular weight excluding hydrogens is 158 g/mol. The molecular formula is C4H4ClN3O2. The summed E-state index contributed by atoms with van der Waals surface area (Å²) in [6.45, 7) is 0. The monoisotopic (exact) mass is 161 g/mol. The predicted octanol–water partition coefficient (Wildman–Crippen LogP) is 0.715. The maximum atomic E-state index is 8.38. The molecule has 1 aromatic rings. The molecule has 1 rings (SSSR count). The molecule has 2 N–H and O–H groups in total. The Hall–Kier alpha value is -0.910. The van der Waals surface area contributed by atoms with Crippen LogP contribution < -0.4 is 5.23 Å². The Morgan fingerprint density at radius 2 is 1.80 bits per heavy atom. The molecule has 10 heavy (non-hydrogen) atoms. The van der Waals surface area contributed by atoms with E-state index in [9.17, 15) is 0 Å². The van der Waals surface area contributed by atoms with Crippen LogP contribution in [0.1, 0.15) is 0 Å². The lowest BCUT2D eigenvalue weighted by molar-refractivity contribution is 0.0288. The maximum Gasteiger partial charge on any atom is 0.222 e. The van der Waals surface area contributed by atoms with Gasteiger partial charge in [0.15, 0.2) is 0 Å². The minimum atomic E-state index is -0.0870. The van der Waals surface area contributed by atoms with Crippen LogP contribution in [0, 0.1) is 0 Å². The Morgan fingerprint density at radius 1 is 1.30 bits per heavy atom. The van der Waals surface area contributed by atoms with Crippen molar-refractivity contribution in [3.8, 4) is 0 Å². The van der Waals surface area contributed by atoms with Crippen molar-refractivity contribution in [1.29, 1.82) is 0 Å². The van der Waals surface area contributed by atoms with E-state index in [4.69, 9.17) is 22.0 Å². The van der Waals surface area contributed by atoms with Gasteiger partial charge in [0.05, 0.1) is 12.4 Å². The van der Waals surface area contributed by atoms with Crippen LogP contribution in [0.5, 0.6) is 0 Å². The summed E-state index contributed by atoms with van der Waals surface area (Å²) in [5.41, 5.74) is 0.0596. The van der Waals surface area contributed by atoms with E-state index in [0.717, 1.165) is 0 Å². The van der Waals surface area contributed by atoms with Crippen LogP contribution in [-0.4, -0.2) is 20.4 Å². The van der Waals surface area contributed by atoms with Gasteiger partial charge in [0.2, 0.25) is 5.28 Å². The fourth-order valence-corrected chi connectivity index (χ4v) is 0.506. The molecule has 0 radical (unpaired) electrons. The SMILES string of the molecule is ON(O)c1cnc(Cl)nc1. The van der Waals surface area contributed by atoms with Crippen molar-refractivity contribution in [1.82, 2.24) is 9.97 Å². The van der Waals surface area contributed by atoms with E-state index in [0.29, 0.717) is 0 Å². The average Bonchev–Trinajstić information content (AvgIpc) is 1.88. The zero-order valence-corrected chi connectivity index (χ0v) is 5.52. The maximum absolute atomic E-state index is 8.38. The molecule has 0 saturated heterocycles. The lowest BCUT2D eigenvalue weighted by Crippen LogP contribution is -2.11. The minimum absolute atomic E-state index is 0.0596. The number of halogens is 1. The number of nitrogens with zero attached hydrogens (tertiary/aromatic N) is 3. The summed E-state index contributed by atoms with van der Waals surface area (Å²) >= 11 is 5.31. The number of anilines is 1. The van der Waals surface area contributed by atoms with E-state index in [1.165, 1.54) is 12.4 Å². The number of hydrogen-bond acceptors (Lipinski definition) is 5. The fraction of sp³-hybridized carbons (Fsp3) is 0. The summed E-state index contributed by atoms with van der Waals surface area (Å²) in [7, 11) is 0. The summed E-state index contributed by atoms with van der Waals surface area (Å²) in [5.74, 6) is 0. The molecule has 0 bridgehead atoms. The van der Waals surface area contributed by atoms with Gasteiger partial charge >= 0.3 is 0 Å². The first-order chi connectivity index (χ1) is 4.70.